The Morgan fingerprint density at radius 2 is 1.50 bits per heavy atom. The van der Waals surface area contributed by atoms with E-state index in [1.807, 2.05) is 66.7 Å². The monoisotopic (exact) mass is 406 g/mol. The van der Waals surface area contributed by atoms with Crippen molar-refractivity contribution in [3.8, 4) is 11.8 Å². The number of hydrogen-bond acceptors (Lipinski definition) is 3. The van der Waals surface area contributed by atoms with Gasteiger partial charge in [0.1, 0.15) is 17.4 Å². The van der Waals surface area contributed by atoms with Crippen LogP contribution in [0.5, 0.6) is 5.75 Å². The van der Waals surface area contributed by atoms with Gasteiger partial charge in [-0.05, 0) is 28.8 Å². The van der Waals surface area contributed by atoms with Crippen molar-refractivity contribution in [2.24, 2.45) is 5.73 Å². The molecule has 1 unspecified atom stereocenters. The zero-order chi connectivity index (χ0) is 19.7. The average Bonchev–Trinajstić information content (AvgIpc) is 2.70. The first-order valence-electron chi connectivity index (χ1n) is 8.77. The van der Waals surface area contributed by atoms with Crippen LogP contribution in [0.25, 0.3) is 0 Å². The number of halogens is 2. The predicted molar refractivity (Wildman–Crippen MR) is 111 cm³/mol. The van der Waals surface area contributed by atoms with E-state index in [2.05, 4.69) is 6.07 Å². The van der Waals surface area contributed by atoms with Gasteiger partial charge < -0.3 is 10.5 Å². The van der Waals surface area contributed by atoms with Gasteiger partial charge in [0.15, 0.2) is 0 Å². The Labute approximate surface area is 173 Å². The Morgan fingerprint density at radius 1 is 0.857 bits per heavy atom. The van der Waals surface area contributed by atoms with Crippen LogP contribution in [0.2, 0.25) is 10.0 Å². The highest BCUT2D eigenvalue weighted by molar-refractivity contribution is 6.31. The Morgan fingerprint density at radius 3 is 2.21 bits per heavy atom. The second kappa shape index (κ2) is 7.59. The summed E-state index contributed by atoms with van der Waals surface area (Å²) >= 11 is 12.8. The highest BCUT2D eigenvalue weighted by Gasteiger charge is 2.33. The van der Waals surface area contributed by atoms with E-state index in [4.69, 9.17) is 33.7 Å². The van der Waals surface area contributed by atoms with E-state index in [0.717, 1.165) is 22.3 Å². The molecule has 0 bridgehead atoms. The minimum absolute atomic E-state index is 0.103. The quantitative estimate of drug-likeness (QED) is 0.597. The number of rotatable bonds is 3. The van der Waals surface area contributed by atoms with E-state index in [1.54, 1.807) is 0 Å². The van der Waals surface area contributed by atoms with Crippen molar-refractivity contribution >= 4 is 23.2 Å². The Balaban J connectivity index is 1.87. The second-order valence-corrected chi connectivity index (χ2v) is 7.36. The normalized spacial score (nSPS) is 15.5. The first-order valence-corrected chi connectivity index (χ1v) is 9.53. The van der Waals surface area contributed by atoms with Gasteiger partial charge in [0.2, 0.25) is 5.88 Å². The van der Waals surface area contributed by atoms with Crippen LogP contribution in [-0.2, 0) is 6.42 Å². The van der Waals surface area contributed by atoms with Crippen LogP contribution < -0.4 is 10.5 Å². The molecule has 5 heteroatoms. The summed E-state index contributed by atoms with van der Waals surface area (Å²) in [5, 5.41) is 11.0. The number of hydrogen-bond donors (Lipinski definition) is 1. The number of ether oxygens (including phenoxy) is 1. The molecule has 0 aromatic heterocycles. The van der Waals surface area contributed by atoms with Crippen molar-refractivity contribution in [1.82, 2.24) is 0 Å². The van der Waals surface area contributed by atoms with Gasteiger partial charge in [-0.3, -0.25) is 0 Å². The Kier molecular flexibility index (Phi) is 5.00. The predicted octanol–water partition coefficient (Wildman–Crippen LogP) is 5.80. The fourth-order valence-corrected chi connectivity index (χ4v) is 4.00. The summed E-state index contributed by atoms with van der Waals surface area (Å²) in [7, 11) is 0. The summed E-state index contributed by atoms with van der Waals surface area (Å²) in [6.45, 7) is 0. The van der Waals surface area contributed by atoms with E-state index in [-0.39, 0.29) is 11.8 Å². The van der Waals surface area contributed by atoms with E-state index >= 15 is 0 Å². The maximum absolute atomic E-state index is 9.72. The summed E-state index contributed by atoms with van der Waals surface area (Å²) in [6, 6.07) is 23.3. The summed E-state index contributed by atoms with van der Waals surface area (Å²) < 4.78 is 5.92. The lowest BCUT2D eigenvalue weighted by atomic mass is 9.82. The fourth-order valence-electron chi connectivity index (χ4n) is 3.56. The molecule has 3 aromatic rings. The molecule has 0 amide bonds. The lowest BCUT2D eigenvalue weighted by Gasteiger charge is -2.28. The smallest absolute Gasteiger partial charge is 0.205 e. The first-order chi connectivity index (χ1) is 13.6. The summed E-state index contributed by atoms with van der Waals surface area (Å²) in [5.41, 5.74) is 10.1. The number of allylic oxidation sites excluding steroid dienone is 1. The molecule has 28 heavy (non-hydrogen) atoms. The van der Waals surface area contributed by atoms with Crippen molar-refractivity contribution in [2.75, 3.05) is 0 Å². The molecule has 1 atom stereocenters. The van der Waals surface area contributed by atoms with Gasteiger partial charge in [-0.15, -0.1) is 0 Å². The molecule has 3 nitrogen and oxygen atoms in total. The number of para-hydroxylation sites is 1. The van der Waals surface area contributed by atoms with Gasteiger partial charge in [0.05, 0.1) is 5.92 Å². The molecular weight excluding hydrogens is 391 g/mol. The van der Waals surface area contributed by atoms with Crippen molar-refractivity contribution in [3.63, 3.8) is 0 Å². The molecule has 0 spiro atoms. The van der Waals surface area contributed by atoms with Gasteiger partial charge in [0, 0.05) is 22.0 Å². The SMILES string of the molecule is N#CC1=C(N)Oc2c(Cc3ccccc3Cl)cccc2C1c1ccccc1Cl. The number of fused-ring (bicyclic) bond motifs is 1. The minimum Gasteiger partial charge on any atom is -0.440 e. The standard InChI is InChI=1S/C23H16Cl2N2O/c24-19-10-3-1-6-14(19)12-15-7-5-9-17-21(16-8-2-4-11-20(16)25)18(13-26)23(27)28-22(15)17/h1-11,21H,12,27H2. The van der Waals surface area contributed by atoms with E-state index in [9.17, 15) is 5.26 Å². The van der Waals surface area contributed by atoms with Gasteiger partial charge in [0.25, 0.3) is 0 Å². The zero-order valence-electron chi connectivity index (χ0n) is 14.8. The highest BCUT2D eigenvalue weighted by atomic mass is 35.5. The maximum atomic E-state index is 9.72. The second-order valence-electron chi connectivity index (χ2n) is 6.55. The lowest BCUT2D eigenvalue weighted by Crippen LogP contribution is -2.22. The van der Waals surface area contributed by atoms with Crippen LogP contribution in [-0.4, -0.2) is 0 Å². The van der Waals surface area contributed by atoms with Crippen molar-refractivity contribution < 1.29 is 4.74 Å². The summed E-state index contributed by atoms with van der Waals surface area (Å²) in [4.78, 5) is 0. The number of nitriles is 1. The molecular formula is C23H16Cl2N2O. The van der Waals surface area contributed by atoms with Gasteiger partial charge in [-0.2, -0.15) is 5.26 Å². The maximum Gasteiger partial charge on any atom is 0.205 e. The molecule has 0 fully saturated rings. The average molecular weight is 407 g/mol. The topological polar surface area (TPSA) is 59.0 Å². The van der Waals surface area contributed by atoms with E-state index in [0.29, 0.717) is 27.8 Å². The molecule has 0 saturated heterocycles. The van der Waals surface area contributed by atoms with E-state index in [1.165, 1.54) is 0 Å². The van der Waals surface area contributed by atoms with Crippen LogP contribution in [0.4, 0.5) is 0 Å². The number of nitrogens with two attached hydrogens (primary N) is 1. The van der Waals surface area contributed by atoms with Crippen molar-refractivity contribution in [3.05, 3.63) is 110 Å². The van der Waals surface area contributed by atoms with Crippen LogP contribution >= 0.6 is 23.2 Å². The van der Waals surface area contributed by atoms with Gasteiger partial charge in [-0.1, -0.05) is 77.8 Å². The molecule has 0 radical (unpaired) electrons. The van der Waals surface area contributed by atoms with Crippen molar-refractivity contribution in [2.45, 2.75) is 12.3 Å². The van der Waals surface area contributed by atoms with Crippen LogP contribution in [0.15, 0.2) is 78.2 Å². The van der Waals surface area contributed by atoms with Gasteiger partial charge >= 0.3 is 0 Å². The third-order valence-corrected chi connectivity index (χ3v) is 5.59. The fraction of sp³-hybridized carbons (Fsp3) is 0.0870. The summed E-state index contributed by atoms with van der Waals surface area (Å²) in [5.74, 6) is 0.379. The molecule has 1 aliphatic heterocycles. The molecule has 0 saturated carbocycles. The third kappa shape index (κ3) is 3.22. The van der Waals surface area contributed by atoms with Crippen LogP contribution in [0, 0.1) is 11.3 Å². The molecule has 138 valence electrons. The molecule has 3 aromatic carbocycles. The molecule has 0 aliphatic carbocycles. The first kappa shape index (κ1) is 18.4. The lowest BCUT2D eigenvalue weighted by molar-refractivity contribution is 0.390. The van der Waals surface area contributed by atoms with Crippen LogP contribution in [0.1, 0.15) is 28.2 Å². The highest BCUT2D eigenvalue weighted by Crippen LogP contribution is 2.45. The Bertz CT molecular complexity index is 1130. The Hall–Kier alpha value is -2.93. The number of nitrogens with zero attached hydrogens (tertiary/aromatic N) is 1. The summed E-state index contributed by atoms with van der Waals surface area (Å²) in [6.07, 6.45) is 0.591. The molecule has 1 aliphatic rings. The van der Waals surface area contributed by atoms with E-state index < -0.39 is 0 Å². The minimum atomic E-state index is -0.381. The molecule has 1 heterocycles. The zero-order valence-corrected chi connectivity index (χ0v) is 16.3. The van der Waals surface area contributed by atoms with Crippen LogP contribution in [0.3, 0.4) is 0 Å². The molecule has 2 N–H and O–H groups in total. The van der Waals surface area contributed by atoms with Crippen molar-refractivity contribution in [1.29, 1.82) is 5.26 Å². The largest absolute Gasteiger partial charge is 0.440 e. The number of benzene rings is 3. The van der Waals surface area contributed by atoms with Gasteiger partial charge in [-0.25, -0.2) is 0 Å². The third-order valence-electron chi connectivity index (χ3n) is 4.88. The molecule has 4 rings (SSSR count).